The fourth-order valence-corrected chi connectivity index (χ4v) is 0.957. The first-order valence-corrected chi connectivity index (χ1v) is 4.59. The summed E-state index contributed by atoms with van der Waals surface area (Å²) in [7, 11) is 1.34. The maximum atomic E-state index is 11.1. The molecule has 0 spiro atoms. The Morgan fingerprint density at radius 3 is 2.43 bits per heavy atom. The third-order valence-corrected chi connectivity index (χ3v) is 1.61. The van der Waals surface area contributed by atoms with Crippen LogP contribution in [0.25, 0.3) is 0 Å². The highest BCUT2D eigenvalue weighted by Crippen LogP contribution is 2.14. The zero-order valence-corrected chi connectivity index (χ0v) is 9.13. The van der Waals surface area contributed by atoms with Crippen LogP contribution in [0, 0.1) is 6.92 Å². The summed E-state index contributed by atoms with van der Waals surface area (Å²) < 4.78 is 4.55. The molecule has 0 heterocycles. The molecule has 0 aliphatic heterocycles. The van der Waals surface area contributed by atoms with E-state index in [1.807, 2.05) is 26.8 Å². The van der Waals surface area contributed by atoms with Crippen molar-refractivity contribution in [3.05, 3.63) is 29.3 Å². The lowest BCUT2D eigenvalue weighted by Gasteiger charge is -2.03. The number of carbonyl (C=O) groups excluding carboxylic acids is 1. The summed E-state index contributed by atoms with van der Waals surface area (Å²) >= 11 is 0. The summed E-state index contributed by atoms with van der Waals surface area (Å²) in [6, 6.07) is 5.25. The number of nitrogen functional groups attached to an aromatic ring is 1. The highest BCUT2D eigenvalue weighted by molar-refractivity contribution is 5.95. The van der Waals surface area contributed by atoms with Crippen LogP contribution in [0.2, 0.25) is 0 Å². The molecular formula is C11H17NO2. The van der Waals surface area contributed by atoms with Crippen LogP contribution in [0.15, 0.2) is 18.2 Å². The van der Waals surface area contributed by atoms with Crippen molar-refractivity contribution in [3.63, 3.8) is 0 Å². The van der Waals surface area contributed by atoms with Crippen molar-refractivity contribution in [1.82, 2.24) is 0 Å². The summed E-state index contributed by atoms with van der Waals surface area (Å²) in [4.78, 5) is 11.1. The molecule has 3 heteroatoms. The summed E-state index contributed by atoms with van der Waals surface area (Å²) in [5.41, 5.74) is 7.44. The van der Waals surface area contributed by atoms with Crippen LogP contribution in [0.1, 0.15) is 29.8 Å². The molecule has 78 valence electrons. The number of rotatable bonds is 1. The summed E-state index contributed by atoms with van der Waals surface area (Å²) in [5.74, 6) is -0.392. The van der Waals surface area contributed by atoms with Crippen LogP contribution >= 0.6 is 0 Å². The Hall–Kier alpha value is -1.51. The van der Waals surface area contributed by atoms with E-state index in [-0.39, 0.29) is 0 Å². The van der Waals surface area contributed by atoms with Crippen molar-refractivity contribution in [2.45, 2.75) is 20.8 Å². The number of benzene rings is 1. The van der Waals surface area contributed by atoms with E-state index in [0.717, 1.165) is 5.56 Å². The van der Waals surface area contributed by atoms with Gasteiger partial charge in [-0.05, 0) is 19.1 Å². The Kier molecular flexibility index (Phi) is 5.37. The van der Waals surface area contributed by atoms with Crippen molar-refractivity contribution in [3.8, 4) is 0 Å². The third kappa shape index (κ3) is 3.09. The lowest BCUT2D eigenvalue weighted by Crippen LogP contribution is -2.05. The lowest BCUT2D eigenvalue weighted by atomic mass is 10.1. The number of carbonyl (C=O) groups is 1. The zero-order valence-electron chi connectivity index (χ0n) is 9.13. The van der Waals surface area contributed by atoms with Crippen LogP contribution in [-0.4, -0.2) is 13.1 Å². The van der Waals surface area contributed by atoms with Crippen molar-refractivity contribution in [2.24, 2.45) is 0 Å². The molecule has 1 aromatic carbocycles. The second-order valence-corrected chi connectivity index (χ2v) is 2.58. The molecular weight excluding hydrogens is 178 g/mol. The third-order valence-electron chi connectivity index (χ3n) is 1.61. The Labute approximate surface area is 84.9 Å². The summed E-state index contributed by atoms with van der Waals surface area (Å²) in [6.45, 7) is 5.89. The predicted molar refractivity (Wildman–Crippen MR) is 58.3 cm³/mol. The minimum absolute atomic E-state index is 0.392. The SMILES string of the molecule is CC.COC(=O)c1cc(C)ccc1N. The number of anilines is 1. The Morgan fingerprint density at radius 1 is 1.36 bits per heavy atom. The quantitative estimate of drug-likeness (QED) is 0.553. The summed E-state index contributed by atoms with van der Waals surface area (Å²) in [6.07, 6.45) is 0. The van der Waals surface area contributed by atoms with Crippen molar-refractivity contribution < 1.29 is 9.53 Å². The number of aryl methyl sites for hydroxylation is 1. The minimum Gasteiger partial charge on any atom is -0.465 e. The van der Waals surface area contributed by atoms with Crippen LogP contribution < -0.4 is 5.73 Å². The van der Waals surface area contributed by atoms with Gasteiger partial charge in [-0.1, -0.05) is 25.5 Å². The van der Waals surface area contributed by atoms with Gasteiger partial charge in [-0.15, -0.1) is 0 Å². The van der Waals surface area contributed by atoms with E-state index in [2.05, 4.69) is 4.74 Å². The van der Waals surface area contributed by atoms with E-state index in [1.54, 1.807) is 12.1 Å². The largest absolute Gasteiger partial charge is 0.465 e. The van der Waals surface area contributed by atoms with Gasteiger partial charge in [0, 0.05) is 5.69 Å². The molecule has 3 nitrogen and oxygen atoms in total. The van der Waals surface area contributed by atoms with Gasteiger partial charge in [0.2, 0.25) is 0 Å². The number of ether oxygens (including phenoxy) is 1. The van der Waals surface area contributed by atoms with Gasteiger partial charge in [-0.25, -0.2) is 4.79 Å². The van der Waals surface area contributed by atoms with E-state index in [0.29, 0.717) is 11.3 Å². The first kappa shape index (κ1) is 12.5. The maximum absolute atomic E-state index is 11.1. The molecule has 0 saturated heterocycles. The van der Waals surface area contributed by atoms with Crippen LogP contribution in [0.4, 0.5) is 5.69 Å². The van der Waals surface area contributed by atoms with Crippen molar-refractivity contribution >= 4 is 11.7 Å². The van der Waals surface area contributed by atoms with E-state index in [9.17, 15) is 4.79 Å². The first-order valence-electron chi connectivity index (χ1n) is 4.59. The fourth-order valence-electron chi connectivity index (χ4n) is 0.957. The Balaban J connectivity index is 0.000000791. The van der Waals surface area contributed by atoms with E-state index in [1.165, 1.54) is 7.11 Å². The topological polar surface area (TPSA) is 52.3 Å². The molecule has 0 aliphatic carbocycles. The monoisotopic (exact) mass is 195 g/mol. The molecule has 0 aromatic heterocycles. The number of hydrogen-bond acceptors (Lipinski definition) is 3. The lowest BCUT2D eigenvalue weighted by molar-refractivity contribution is 0.0602. The molecule has 0 fully saturated rings. The molecule has 1 rings (SSSR count). The summed E-state index contributed by atoms with van der Waals surface area (Å²) in [5, 5.41) is 0. The van der Waals surface area contributed by atoms with Gasteiger partial charge in [-0.3, -0.25) is 0 Å². The maximum Gasteiger partial charge on any atom is 0.339 e. The highest BCUT2D eigenvalue weighted by atomic mass is 16.5. The number of nitrogens with two attached hydrogens (primary N) is 1. The molecule has 2 N–H and O–H groups in total. The van der Waals surface area contributed by atoms with Crippen LogP contribution in [0.5, 0.6) is 0 Å². The average Bonchev–Trinajstić information content (AvgIpc) is 2.23. The molecule has 0 bridgehead atoms. The molecule has 0 radical (unpaired) electrons. The molecule has 0 amide bonds. The van der Waals surface area contributed by atoms with Gasteiger partial charge in [0.1, 0.15) is 0 Å². The molecule has 0 aliphatic rings. The van der Waals surface area contributed by atoms with Crippen molar-refractivity contribution in [2.75, 3.05) is 12.8 Å². The van der Waals surface area contributed by atoms with Crippen LogP contribution in [0.3, 0.4) is 0 Å². The molecule has 0 saturated carbocycles. The van der Waals surface area contributed by atoms with Gasteiger partial charge in [-0.2, -0.15) is 0 Å². The van der Waals surface area contributed by atoms with E-state index >= 15 is 0 Å². The van der Waals surface area contributed by atoms with E-state index < -0.39 is 5.97 Å². The highest BCUT2D eigenvalue weighted by Gasteiger charge is 2.08. The van der Waals surface area contributed by atoms with Crippen LogP contribution in [-0.2, 0) is 4.74 Å². The van der Waals surface area contributed by atoms with E-state index in [4.69, 9.17) is 5.73 Å². The first-order chi connectivity index (χ1) is 6.65. The average molecular weight is 195 g/mol. The number of methoxy groups -OCH3 is 1. The Morgan fingerprint density at radius 2 is 1.93 bits per heavy atom. The van der Waals surface area contributed by atoms with Gasteiger partial charge in [0.05, 0.1) is 12.7 Å². The van der Waals surface area contributed by atoms with Gasteiger partial charge in [0.15, 0.2) is 0 Å². The predicted octanol–water partition coefficient (Wildman–Crippen LogP) is 2.39. The second kappa shape index (κ2) is 6.02. The fraction of sp³-hybridized carbons (Fsp3) is 0.364. The smallest absolute Gasteiger partial charge is 0.339 e. The zero-order chi connectivity index (χ0) is 11.1. The second-order valence-electron chi connectivity index (χ2n) is 2.58. The normalized spacial score (nSPS) is 8.57. The number of esters is 1. The Bertz CT molecular complexity index is 308. The minimum atomic E-state index is -0.392. The van der Waals surface area contributed by atoms with Gasteiger partial charge < -0.3 is 10.5 Å². The van der Waals surface area contributed by atoms with Gasteiger partial charge in [0.25, 0.3) is 0 Å². The molecule has 14 heavy (non-hydrogen) atoms. The molecule has 0 atom stereocenters. The molecule has 0 unspecified atom stereocenters. The molecule has 1 aromatic rings. The number of hydrogen-bond donors (Lipinski definition) is 1. The van der Waals surface area contributed by atoms with Gasteiger partial charge >= 0.3 is 5.97 Å². The van der Waals surface area contributed by atoms with Crippen molar-refractivity contribution in [1.29, 1.82) is 0 Å². The standard InChI is InChI=1S/C9H11NO2.C2H6/c1-6-3-4-8(10)7(5-6)9(11)12-2;1-2/h3-5H,10H2,1-2H3;1-2H3.